The molecule has 0 spiro atoms. The topological polar surface area (TPSA) is 88.1 Å². The number of anilines is 1. The van der Waals surface area contributed by atoms with Crippen molar-refractivity contribution in [2.45, 2.75) is 53.1 Å². The van der Waals surface area contributed by atoms with Gasteiger partial charge in [0.2, 0.25) is 0 Å². The number of amides is 1. The van der Waals surface area contributed by atoms with E-state index in [1.54, 1.807) is 16.8 Å². The van der Waals surface area contributed by atoms with Crippen molar-refractivity contribution in [1.29, 1.82) is 5.26 Å². The van der Waals surface area contributed by atoms with Crippen molar-refractivity contribution in [2.24, 2.45) is 5.41 Å². The van der Waals surface area contributed by atoms with Crippen molar-refractivity contribution in [2.75, 3.05) is 37.6 Å². The van der Waals surface area contributed by atoms with Crippen LogP contribution in [0.1, 0.15) is 46.7 Å². The van der Waals surface area contributed by atoms with Crippen LogP contribution in [0.3, 0.4) is 0 Å². The molecule has 31 heavy (non-hydrogen) atoms. The van der Waals surface area contributed by atoms with Crippen LogP contribution in [0, 0.1) is 16.7 Å². The molecule has 2 fully saturated rings. The van der Waals surface area contributed by atoms with Gasteiger partial charge in [-0.3, -0.25) is 4.90 Å². The Morgan fingerprint density at radius 1 is 1.23 bits per heavy atom. The Labute approximate surface area is 184 Å². The van der Waals surface area contributed by atoms with Crippen molar-refractivity contribution in [1.82, 2.24) is 19.4 Å². The fraction of sp³-hybridized carbons (Fsp3) is 0.609. The Kier molecular flexibility index (Phi) is 6.75. The number of rotatable bonds is 1. The summed E-state index contributed by atoms with van der Waals surface area (Å²) >= 11 is 0. The van der Waals surface area contributed by atoms with Gasteiger partial charge in [0.15, 0.2) is 0 Å². The summed E-state index contributed by atoms with van der Waals surface area (Å²) in [5.74, 6) is 0. The van der Waals surface area contributed by atoms with E-state index in [0.717, 1.165) is 30.8 Å². The number of hydrogen-bond donors (Lipinski definition) is 1. The molecule has 1 N–H and O–H groups in total. The minimum Gasteiger partial charge on any atom is -0.465 e. The van der Waals surface area contributed by atoms with E-state index in [0.29, 0.717) is 30.2 Å². The highest BCUT2D eigenvalue weighted by Crippen LogP contribution is 2.28. The summed E-state index contributed by atoms with van der Waals surface area (Å²) in [7, 11) is 0. The zero-order valence-electron chi connectivity index (χ0n) is 19.2. The lowest BCUT2D eigenvalue weighted by Gasteiger charge is -2.50. The first kappa shape index (κ1) is 22.9. The van der Waals surface area contributed by atoms with E-state index in [2.05, 4.69) is 55.6 Å². The molecular formula is C23H34N6O2. The van der Waals surface area contributed by atoms with Crippen molar-refractivity contribution < 1.29 is 9.90 Å². The van der Waals surface area contributed by atoms with Gasteiger partial charge in [0.05, 0.1) is 17.4 Å². The fourth-order valence-corrected chi connectivity index (χ4v) is 4.09. The summed E-state index contributed by atoms with van der Waals surface area (Å²) < 4.78 is 1.66. The van der Waals surface area contributed by atoms with E-state index in [1.165, 1.54) is 11.3 Å². The van der Waals surface area contributed by atoms with E-state index in [1.807, 2.05) is 12.1 Å². The van der Waals surface area contributed by atoms with Gasteiger partial charge in [0, 0.05) is 44.8 Å². The molecule has 2 saturated heterocycles. The number of pyridine rings is 1. The van der Waals surface area contributed by atoms with Crippen molar-refractivity contribution in [3.8, 4) is 6.07 Å². The third kappa shape index (κ3) is 5.10. The third-order valence-electron chi connectivity index (χ3n) is 6.33. The van der Waals surface area contributed by atoms with Gasteiger partial charge in [-0.05, 0) is 30.5 Å². The molecule has 2 aliphatic heterocycles. The van der Waals surface area contributed by atoms with Gasteiger partial charge in [-0.25, -0.2) is 9.31 Å². The molecule has 2 aliphatic rings. The molecule has 0 bridgehead atoms. The van der Waals surface area contributed by atoms with Gasteiger partial charge in [-0.15, -0.1) is 0 Å². The molecule has 8 nitrogen and oxygen atoms in total. The van der Waals surface area contributed by atoms with Crippen molar-refractivity contribution in [3.63, 3.8) is 0 Å². The average Bonchev–Trinajstić information content (AvgIpc) is 3.22. The first-order chi connectivity index (χ1) is 14.6. The number of carboxylic acid groups (broad SMARTS) is 1. The molecule has 1 amide bonds. The molecule has 8 heteroatoms. The summed E-state index contributed by atoms with van der Waals surface area (Å²) in [5.41, 5.74) is 2.99. The lowest BCUT2D eigenvalue weighted by atomic mass is 9.94. The van der Waals surface area contributed by atoms with Gasteiger partial charge in [-0.1, -0.05) is 34.1 Å². The Morgan fingerprint density at radius 3 is 2.55 bits per heavy atom. The van der Waals surface area contributed by atoms with Crippen molar-refractivity contribution in [3.05, 3.63) is 30.1 Å². The van der Waals surface area contributed by atoms with Crippen LogP contribution in [0.4, 0.5) is 10.5 Å². The van der Waals surface area contributed by atoms with E-state index < -0.39 is 6.09 Å². The lowest BCUT2D eigenvalue weighted by molar-refractivity contribution is 0.0367. The molecule has 2 atom stereocenters. The number of carbonyl (C=O) groups is 1. The highest BCUT2D eigenvalue weighted by Gasteiger charge is 2.37. The van der Waals surface area contributed by atoms with Gasteiger partial charge in [0.25, 0.3) is 0 Å². The third-order valence-corrected chi connectivity index (χ3v) is 6.33. The molecule has 0 radical (unpaired) electrons. The summed E-state index contributed by atoms with van der Waals surface area (Å²) in [6.45, 7) is 14.6. The second-order valence-corrected chi connectivity index (χ2v) is 9.63. The van der Waals surface area contributed by atoms with Gasteiger partial charge >= 0.3 is 6.09 Å². The zero-order valence-corrected chi connectivity index (χ0v) is 19.2. The highest BCUT2D eigenvalue weighted by molar-refractivity contribution is 5.74. The maximum atomic E-state index is 11.3. The summed E-state index contributed by atoms with van der Waals surface area (Å²) in [6.07, 6.45) is 2.13. The van der Waals surface area contributed by atoms with Crippen LogP contribution in [0.5, 0.6) is 0 Å². The number of fused-ring (bicyclic) bond motifs is 2. The Morgan fingerprint density at radius 2 is 1.94 bits per heavy atom. The normalized spacial score (nSPS) is 21.8. The van der Waals surface area contributed by atoms with E-state index in [4.69, 9.17) is 0 Å². The molecule has 2 unspecified atom stereocenters. The fourth-order valence-electron chi connectivity index (χ4n) is 4.09. The molecule has 2 aromatic heterocycles. The van der Waals surface area contributed by atoms with Crippen LogP contribution < -0.4 is 4.90 Å². The van der Waals surface area contributed by atoms with Crippen LogP contribution in [-0.4, -0.2) is 75.4 Å². The molecule has 2 aromatic rings. The number of piperazine rings is 2. The van der Waals surface area contributed by atoms with E-state index in [9.17, 15) is 15.2 Å². The number of nitrogens with zero attached hydrogens (tertiary/aromatic N) is 6. The summed E-state index contributed by atoms with van der Waals surface area (Å²) in [6, 6.07) is 8.35. The number of aromatic nitrogens is 2. The Hall–Kier alpha value is -2.79. The standard InChI is InChI=1S/C17H20N6O2.C6H14/c1-12-9-21(11-14-10-20(17(24)25)6-7-22(12)14)15-3-2-13(8-18)23-16(15)4-5-19-23;1-5-6(2,3)4/h2-5,12,14H,6-7,9-11H2,1H3,(H,24,25);5H2,1-4H3. The predicted octanol–water partition coefficient (Wildman–Crippen LogP) is 3.52. The van der Waals surface area contributed by atoms with Crippen LogP contribution in [0.25, 0.3) is 5.52 Å². The quantitative estimate of drug-likeness (QED) is 0.751. The SMILES string of the molecule is CC1CN(c2ccc(C#N)n3nccc23)CC2CN(C(=O)O)CCN12.CCC(C)(C)C. The molecular weight excluding hydrogens is 392 g/mol. The largest absolute Gasteiger partial charge is 0.465 e. The molecule has 168 valence electrons. The Balaban J connectivity index is 0.000000401. The maximum Gasteiger partial charge on any atom is 0.407 e. The summed E-state index contributed by atoms with van der Waals surface area (Å²) in [4.78, 5) is 17.5. The molecule has 0 aromatic carbocycles. The van der Waals surface area contributed by atoms with E-state index in [-0.39, 0.29) is 6.04 Å². The monoisotopic (exact) mass is 426 g/mol. The Bertz CT molecular complexity index is 957. The minimum atomic E-state index is -0.846. The highest BCUT2D eigenvalue weighted by atomic mass is 16.4. The first-order valence-electron chi connectivity index (χ1n) is 11.0. The van der Waals surface area contributed by atoms with E-state index >= 15 is 0 Å². The summed E-state index contributed by atoms with van der Waals surface area (Å²) in [5, 5.41) is 22.8. The van der Waals surface area contributed by atoms with Crippen molar-refractivity contribution >= 4 is 17.3 Å². The van der Waals surface area contributed by atoms with Gasteiger partial charge in [0.1, 0.15) is 11.8 Å². The molecule has 0 saturated carbocycles. The number of hydrogen-bond acceptors (Lipinski definition) is 5. The van der Waals surface area contributed by atoms with Crippen LogP contribution >= 0.6 is 0 Å². The first-order valence-corrected chi connectivity index (χ1v) is 11.0. The molecule has 4 heterocycles. The lowest BCUT2D eigenvalue weighted by Crippen LogP contribution is -2.65. The average molecular weight is 427 g/mol. The molecule has 0 aliphatic carbocycles. The predicted molar refractivity (Wildman–Crippen MR) is 121 cm³/mol. The van der Waals surface area contributed by atoms with Crippen LogP contribution in [-0.2, 0) is 0 Å². The molecule has 4 rings (SSSR count). The number of nitriles is 1. The zero-order chi connectivity index (χ0) is 22.8. The van der Waals surface area contributed by atoms with Crippen LogP contribution in [0.2, 0.25) is 0 Å². The van der Waals surface area contributed by atoms with Gasteiger partial charge < -0.3 is 14.9 Å². The maximum absolute atomic E-state index is 11.3. The van der Waals surface area contributed by atoms with Gasteiger partial charge in [-0.2, -0.15) is 10.4 Å². The minimum absolute atomic E-state index is 0.173. The smallest absolute Gasteiger partial charge is 0.407 e. The second-order valence-electron chi connectivity index (χ2n) is 9.63. The second kappa shape index (κ2) is 9.15. The van der Waals surface area contributed by atoms with Crippen LogP contribution in [0.15, 0.2) is 24.4 Å².